The van der Waals surface area contributed by atoms with Crippen LogP contribution in [0.2, 0.25) is 0 Å². The molecule has 8 nitrogen and oxygen atoms in total. The number of nitrogens with one attached hydrogen (secondary N) is 1. The predicted molar refractivity (Wildman–Crippen MR) is 121 cm³/mol. The lowest BCUT2D eigenvalue weighted by Crippen LogP contribution is -2.72. The molecule has 0 saturated carbocycles. The largest absolute Gasteiger partial charge is 0.379 e. The summed E-state index contributed by atoms with van der Waals surface area (Å²) in [5, 5.41) is 12.7. The third-order valence-corrected chi connectivity index (χ3v) is 6.01. The van der Waals surface area contributed by atoms with Crippen LogP contribution in [0, 0.1) is 18.3 Å². The normalized spacial score (nSPS) is 18.5. The van der Waals surface area contributed by atoms with E-state index in [9.17, 15) is 5.26 Å². The molecule has 0 spiro atoms. The van der Waals surface area contributed by atoms with E-state index in [0.717, 1.165) is 63.0 Å². The average Bonchev–Trinajstić information content (AvgIpc) is 2.74. The van der Waals surface area contributed by atoms with Gasteiger partial charge in [-0.25, -0.2) is 4.98 Å². The number of nitriles is 1. The van der Waals surface area contributed by atoms with Crippen LogP contribution in [0.5, 0.6) is 0 Å². The molecule has 2 aromatic rings. The zero-order valence-electron chi connectivity index (χ0n) is 18.6. The Bertz CT molecular complexity index is 926. The van der Waals surface area contributed by atoms with E-state index >= 15 is 0 Å². The summed E-state index contributed by atoms with van der Waals surface area (Å²) >= 11 is 0. The van der Waals surface area contributed by atoms with Crippen LogP contribution in [0.3, 0.4) is 0 Å². The Balaban J connectivity index is 1.45. The van der Waals surface area contributed by atoms with Crippen LogP contribution in [0.1, 0.15) is 17.5 Å². The maximum absolute atomic E-state index is 9.42. The fraction of sp³-hybridized carbons (Fsp3) is 0.522. The van der Waals surface area contributed by atoms with Crippen molar-refractivity contribution in [3.05, 3.63) is 41.6 Å². The van der Waals surface area contributed by atoms with Crippen LogP contribution >= 0.6 is 0 Å². The van der Waals surface area contributed by atoms with Gasteiger partial charge < -0.3 is 19.9 Å². The number of aromatic nitrogens is 2. The number of hydrogen-bond donors (Lipinski definition) is 1. The van der Waals surface area contributed by atoms with Crippen LogP contribution in [0.15, 0.2) is 30.5 Å². The highest BCUT2D eigenvalue weighted by Gasteiger charge is 2.48. The smallest absolute Gasteiger partial charge is 0.229 e. The van der Waals surface area contributed by atoms with E-state index in [1.54, 1.807) is 0 Å². The Kier molecular flexibility index (Phi) is 6.37. The highest BCUT2D eigenvalue weighted by Crippen LogP contribution is 2.36. The van der Waals surface area contributed by atoms with E-state index in [4.69, 9.17) is 9.72 Å². The summed E-state index contributed by atoms with van der Waals surface area (Å²) in [6, 6.07) is 10.7. The van der Waals surface area contributed by atoms with Crippen LogP contribution in [0.25, 0.3) is 0 Å². The molecule has 2 fully saturated rings. The summed E-state index contributed by atoms with van der Waals surface area (Å²) in [4.78, 5) is 16.1. The Morgan fingerprint density at radius 2 is 1.90 bits per heavy atom. The quantitative estimate of drug-likeness (QED) is 0.730. The van der Waals surface area contributed by atoms with Gasteiger partial charge in [-0.05, 0) is 38.7 Å². The van der Waals surface area contributed by atoms with Crippen molar-refractivity contribution >= 4 is 17.5 Å². The predicted octanol–water partition coefficient (Wildman–Crippen LogP) is 2.39. The van der Waals surface area contributed by atoms with Gasteiger partial charge in [0.25, 0.3) is 0 Å². The summed E-state index contributed by atoms with van der Waals surface area (Å²) in [7, 11) is 4.13. The molecule has 2 aliphatic rings. The van der Waals surface area contributed by atoms with Crippen LogP contribution in [-0.2, 0) is 11.3 Å². The second kappa shape index (κ2) is 9.18. The highest BCUT2D eigenvalue weighted by atomic mass is 16.5. The van der Waals surface area contributed by atoms with Crippen molar-refractivity contribution < 1.29 is 4.74 Å². The molecule has 3 heterocycles. The SMILES string of the molecule is Cc1cnc(Nc2ccc(CN(C)C)cc2)nc1N1CC(CC#N)(N2CCOCC2)C1. The van der Waals surface area contributed by atoms with Crippen molar-refractivity contribution in [3.63, 3.8) is 0 Å². The monoisotopic (exact) mass is 421 g/mol. The summed E-state index contributed by atoms with van der Waals surface area (Å²) in [6.07, 6.45) is 2.39. The van der Waals surface area contributed by atoms with Crippen molar-refractivity contribution in [1.82, 2.24) is 19.8 Å². The van der Waals surface area contributed by atoms with E-state index in [1.807, 2.05) is 13.1 Å². The van der Waals surface area contributed by atoms with Crippen molar-refractivity contribution in [2.24, 2.45) is 0 Å². The fourth-order valence-corrected chi connectivity index (χ4v) is 4.42. The van der Waals surface area contributed by atoms with E-state index in [-0.39, 0.29) is 5.54 Å². The first-order chi connectivity index (χ1) is 15.0. The molecule has 0 unspecified atom stereocenters. The van der Waals surface area contributed by atoms with Gasteiger partial charge in [0.1, 0.15) is 5.82 Å². The standard InChI is InChI=1S/C23H31N7O/c1-18-14-25-22(26-20-6-4-19(5-7-20)15-28(2)3)27-21(18)29-16-23(17-29,8-9-24)30-10-12-31-13-11-30/h4-7,14H,8,10-13,15-17H2,1-3H3,(H,25,26,27). The van der Waals surface area contributed by atoms with Gasteiger partial charge in [0, 0.05) is 50.2 Å². The third kappa shape index (κ3) is 4.79. The van der Waals surface area contributed by atoms with Gasteiger partial charge in [-0.3, -0.25) is 4.90 Å². The first-order valence-electron chi connectivity index (χ1n) is 10.8. The van der Waals surface area contributed by atoms with Crippen LogP contribution in [0.4, 0.5) is 17.5 Å². The third-order valence-electron chi connectivity index (χ3n) is 6.01. The van der Waals surface area contributed by atoms with Crippen molar-refractivity contribution in [2.75, 3.05) is 63.7 Å². The van der Waals surface area contributed by atoms with Gasteiger partial charge in [0.05, 0.1) is 31.2 Å². The molecule has 0 aliphatic carbocycles. The lowest BCUT2D eigenvalue weighted by atomic mass is 9.84. The number of nitrogens with zero attached hydrogens (tertiary/aromatic N) is 6. The molecule has 31 heavy (non-hydrogen) atoms. The molecule has 4 rings (SSSR count). The number of hydrogen-bond acceptors (Lipinski definition) is 8. The second-order valence-electron chi connectivity index (χ2n) is 8.77. The van der Waals surface area contributed by atoms with E-state index in [0.29, 0.717) is 12.4 Å². The van der Waals surface area contributed by atoms with Crippen molar-refractivity contribution in [1.29, 1.82) is 5.26 Å². The molecule has 1 N–H and O–H groups in total. The number of rotatable bonds is 7. The highest BCUT2D eigenvalue weighted by molar-refractivity contribution is 5.58. The fourth-order valence-electron chi connectivity index (χ4n) is 4.42. The molecule has 1 aromatic carbocycles. The van der Waals surface area contributed by atoms with Crippen LogP contribution < -0.4 is 10.2 Å². The summed E-state index contributed by atoms with van der Waals surface area (Å²) in [5.74, 6) is 1.52. The first-order valence-corrected chi connectivity index (χ1v) is 10.8. The minimum absolute atomic E-state index is 0.105. The minimum atomic E-state index is -0.105. The van der Waals surface area contributed by atoms with Gasteiger partial charge in [-0.2, -0.15) is 10.2 Å². The van der Waals surface area contributed by atoms with E-state index in [1.165, 1.54) is 5.56 Å². The molecule has 0 amide bonds. The first kappa shape index (κ1) is 21.5. The lowest BCUT2D eigenvalue weighted by molar-refractivity contribution is -0.0326. The van der Waals surface area contributed by atoms with Crippen LogP contribution in [-0.4, -0.2) is 78.8 Å². The summed E-state index contributed by atoms with van der Waals surface area (Å²) < 4.78 is 5.50. The molecule has 1 aromatic heterocycles. The number of morpholine rings is 1. The second-order valence-corrected chi connectivity index (χ2v) is 8.77. The van der Waals surface area contributed by atoms with Crippen molar-refractivity contribution in [3.8, 4) is 6.07 Å². The molecule has 0 radical (unpaired) electrons. The molecular weight excluding hydrogens is 390 g/mol. The van der Waals surface area contributed by atoms with Gasteiger partial charge in [-0.15, -0.1) is 0 Å². The van der Waals surface area contributed by atoms with Gasteiger partial charge in [0.2, 0.25) is 5.95 Å². The van der Waals surface area contributed by atoms with Gasteiger partial charge in [-0.1, -0.05) is 12.1 Å². The molecule has 2 saturated heterocycles. The van der Waals surface area contributed by atoms with E-state index in [2.05, 4.69) is 69.4 Å². The van der Waals surface area contributed by atoms with Crippen molar-refractivity contribution in [2.45, 2.75) is 25.4 Å². The number of benzene rings is 1. The summed E-state index contributed by atoms with van der Waals surface area (Å²) in [5.41, 5.74) is 3.16. The Morgan fingerprint density at radius 1 is 1.19 bits per heavy atom. The molecule has 0 atom stereocenters. The van der Waals surface area contributed by atoms with Gasteiger partial charge in [0.15, 0.2) is 0 Å². The summed E-state index contributed by atoms with van der Waals surface area (Å²) in [6.45, 7) is 7.79. The number of aryl methyl sites for hydroxylation is 1. The lowest BCUT2D eigenvalue weighted by Gasteiger charge is -2.56. The molecular formula is C23H31N7O. The minimum Gasteiger partial charge on any atom is -0.379 e. The van der Waals surface area contributed by atoms with Gasteiger partial charge >= 0.3 is 0 Å². The maximum atomic E-state index is 9.42. The zero-order valence-corrected chi connectivity index (χ0v) is 18.6. The Hall–Kier alpha value is -2.73. The molecule has 164 valence electrons. The number of ether oxygens (including phenoxy) is 1. The average molecular weight is 422 g/mol. The molecule has 8 heteroatoms. The molecule has 2 aliphatic heterocycles. The Labute approximate surface area is 184 Å². The maximum Gasteiger partial charge on any atom is 0.229 e. The number of anilines is 3. The molecule has 0 bridgehead atoms. The zero-order chi connectivity index (χ0) is 21.8. The van der Waals surface area contributed by atoms with E-state index < -0.39 is 0 Å². The topological polar surface area (TPSA) is 80.6 Å². The Morgan fingerprint density at radius 3 is 2.55 bits per heavy atom.